The Morgan fingerprint density at radius 3 is 1.61 bits per heavy atom. The number of nitrogens with zero attached hydrogens (tertiary/aromatic N) is 1. The number of aromatic hydroxyl groups is 1. The SMILES string of the molecule is CCCCCCCCCCOc1ccc(N(C)CCCCCCCCCC)cc1.CNc1ccc(O)cc1. The molecule has 0 aliphatic carbocycles. The number of rotatable bonds is 21. The zero-order chi connectivity index (χ0) is 27.7. The van der Waals surface area contributed by atoms with Gasteiger partial charge in [-0.1, -0.05) is 104 Å². The van der Waals surface area contributed by atoms with Gasteiger partial charge in [0.15, 0.2) is 0 Å². The molecular formula is C34H58N2O2. The molecule has 0 saturated carbocycles. The van der Waals surface area contributed by atoms with Gasteiger partial charge in [-0.3, -0.25) is 0 Å². The van der Waals surface area contributed by atoms with Gasteiger partial charge in [0, 0.05) is 32.0 Å². The summed E-state index contributed by atoms with van der Waals surface area (Å²) in [6.45, 7) is 6.56. The largest absolute Gasteiger partial charge is 0.508 e. The molecule has 0 saturated heterocycles. The average molecular weight is 527 g/mol. The van der Waals surface area contributed by atoms with Crippen LogP contribution in [0.3, 0.4) is 0 Å². The first kappa shape index (κ1) is 33.7. The van der Waals surface area contributed by atoms with E-state index in [1.54, 1.807) is 12.1 Å². The van der Waals surface area contributed by atoms with Crippen molar-refractivity contribution in [2.45, 2.75) is 117 Å². The molecule has 0 unspecified atom stereocenters. The standard InChI is InChI=1S/C27H49NO.C7H9NO/c1-4-6-8-10-12-14-16-18-24-28(3)26-20-22-27(23-21-26)29-25-19-17-15-13-11-9-7-5-2;1-8-6-2-4-7(9)5-3-6/h20-23H,4-19,24-25H2,1-3H3;2-5,8-9H,1H3. The van der Waals surface area contributed by atoms with Gasteiger partial charge in [0.25, 0.3) is 0 Å². The number of hydrogen-bond donors (Lipinski definition) is 2. The van der Waals surface area contributed by atoms with E-state index in [9.17, 15) is 0 Å². The summed E-state index contributed by atoms with van der Waals surface area (Å²) < 4.78 is 5.92. The topological polar surface area (TPSA) is 44.7 Å². The maximum Gasteiger partial charge on any atom is 0.119 e. The number of benzene rings is 2. The van der Waals surface area contributed by atoms with Gasteiger partial charge < -0.3 is 20.1 Å². The van der Waals surface area contributed by atoms with Crippen LogP contribution < -0.4 is 15.0 Å². The number of unbranched alkanes of at least 4 members (excludes halogenated alkanes) is 14. The molecule has 0 bridgehead atoms. The number of ether oxygens (including phenoxy) is 1. The lowest BCUT2D eigenvalue weighted by Gasteiger charge is -2.19. The molecule has 0 atom stereocenters. The molecule has 4 heteroatoms. The maximum atomic E-state index is 8.82. The Labute approximate surface area is 235 Å². The van der Waals surface area contributed by atoms with Crippen LogP contribution in [-0.4, -0.2) is 32.4 Å². The van der Waals surface area contributed by atoms with Gasteiger partial charge in [-0.05, 0) is 61.4 Å². The van der Waals surface area contributed by atoms with Gasteiger partial charge in [-0.25, -0.2) is 0 Å². The predicted molar refractivity (Wildman–Crippen MR) is 168 cm³/mol. The van der Waals surface area contributed by atoms with Crippen molar-refractivity contribution in [3.05, 3.63) is 48.5 Å². The van der Waals surface area contributed by atoms with Crippen molar-refractivity contribution in [1.29, 1.82) is 0 Å². The Bertz CT molecular complexity index is 761. The Morgan fingerprint density at radius 1 is 0.632 bits per heavy atom. The second kappa shape index (κ2) is 23.7. The highest BCUT2D eigenvalue weighted by molar-refractivity contribution is 5.48. The summed E-state index contributed by atoms with van der Waals surface area (Å²) in [5, 5.41) is 11.8. The molecule has 0 aliphatic rings. The highest BCUT2D eigenvalue weighted by atomic mass is 16.5. The number of phenolic OH excluding ortho intramolecular Hbond substituents is 1. The zero-order valence-corrected chi connectivity index (χ0v) is 25.1. The van der Waals surface area contributed by atoms with Crippen molar-refractivity contribution in [3.63, 3.8) is 0 Å². The predicted octanol–water partition coefficient (Wildman–Crippen LogP) is 10.2. The molecule has 2 rings (SSSR count). The quantitative estimate of drug-likeness (QED) is 0.125. The average Bonchev–Trinajstić information content (AvgIpc) is 2.94. The van der Waals surface area contributed by atoms with E-state index in [1.807, 2.05) is 19.2 Å². The summed E-state index contributed by atoms with van der Waals surface area (Å²) in [4.78, 5) is 2.37. The Balaban J connectivity index is 0.000000671. The fraction of sp³-hybridized carbons (Fsp3) is 0.647. The number of hydrogen-bond acceptors (Lipinski definition) is 4. The lowest BCUT2D eigenvalue weighted by molar-refractivity contribution is 0.304. The highest BCUT2D eigenvalue weighted by Gasteiger charge is 2.02. The molecule has 2 aromatic carbocycles. The third kappa shape index (κ3) is 18.0. The zero-order valence-electron chi connectivity index (χ0n) is 25.1. The van der Waals surface area contributed by atoms with Crippen molar-refractivity contribution in [1.82, 2.24) is 0 Å². The van der Waals surface area contributed by atoms with E-state index in [2.05, 4.69) is 55.4 Å². The lowest BCUT2D eigenvalue weighted by atomic mass is 10.1. The van der Waals surface area contributed by atoms with E-state index in [0.29, 0.717) is 5.75 Å². The van der Waals surface area contributed by atoms with Crippen LogP contribution in [0.25, 0.3) is 0 Å². The van der Waals surface area contributed by atoms with Gasteiger partial charge >= 0.3 is 0 Å². The third-order valence-corrected chi connectivity index (χ3v) is 7.05. The number of phenols is 1. The summed E-state index contributed by atoms with van der Waals surface area (Å²) in [5.41, 5.74) is 2.31. The molecule has 0 heterocycles. The van der Waals surface area contributed by atoms with Crippen LogP contribution in [0.15, 0.2) is 48.5 Å². The van der Waals surface area contributed by atoms with E-state index in [1.165, 1.54) is 108 Å². The molecule has 2 aromatic rings. The van der Waals surface area contributed by atoms with Crippen LogP contribution in [0, 0.1) is 0 Å². The smallest absolute Gasteiger partial charge is 0.119 e. The first-order valence-corrected chi connectivity index (χ1v) is 15.5. The molecule has 0 amide bonds. The van der Waals surface area contributed by atoms with Crippen LogP contribution in [0.2, 0.25) is 0 Å². The molecule has 0 spiro atoms. The van der Waals surface area contributed by atoms with E-state index < -0.39 is 0 Å². The lowest BCUT2D eigenvalue weighted by Crippen LogP contribution is -2.18. The maximum absolute atomic E-state index is 8.82. The molecule has 0 aromatic heterocycles. The van der Waals surface area contributed by atoms with Gasteiger partial charge in [-0.2, -0.15) is 0 Å². The van der Waals surface area contributed by atoms with Crippen molar-refractivity contribution in [2.75, 3.05) is 37.5 Å². The first-order chi connectivity index (χ1) is 18.6. The second-order valence-electron chi connectivity index (χ2n) is 10.5. The van der Waals surface area contributed by atoms with Crippen LogP contribution in [0.1, 0.15) is 117 Å². The highest BCUT2D eigenvalue weighted by Crippen LogP contribution is 2.20. The van der Waals surface area contributed by atoms with Gasteiger partial charge in [0.05, 0.1) is 6.61 Å². The van der Waals surface area contributed by atoms with Crippen LogP contribution in [0.5, 0.6) is 11.5 Å². The van der Waals surface area contributed by atoms with Crippen LogP contribution in [0.4, 0.5) is 11.4 Å². The van der Waals surface area contributed by atoms with Gasteiger partial charge in [-0.15, -0.1) is 0 Å². The van der Waals surface area contributed by atoms with Crippen molar-refractivity contribution in [2.24, 2.45) is 0 Å². The van der Waals surface area contributed by atoms with Crippen LogP contribution in [-0.2, 0) is 0 Å². The fourth-order valence-electron chi connectivity index (χ4n) is 4.46. The van der Waals surface area contributed by atoms with Crippen molar-refractivity contribution >= 4 is 11.4 Å². The molecule has 4 nitrogen and oxygen atoms in total. The number of anilines is 2. The minimum absolute atomic E-state index is 0.300. The van der Waals surface area contributed by atoms with E-state index in [-0.39, 0.29) is 0 Å². The summed E-state index contributed by atoms with van der Waals surface area (Å²) in [7, 11) is 4.05. The molecule has 2 N–H and O–H groups in total. The fourth-order valence-corrected chi connectivity index (χ4v) is 4.46. The van der Waals surface area contributed by atoms with E-state index in [0.717, 1.165) is 24.6 Å². The summed E-state index contributed by atoms with van der Waals surface area (Å²) in [6, 6.07) is 15.6. The third-order valence-electron chi connectivity index (χ3n) is 7.05. The van der Waals surface area contributed by atoms with E-state index in [4.69, 9.17) is 9.84 Å². The first-order valence-electron chi connectivity index (χ1n) is 15.5. The minimum Gasteiger partial charge on any atom is -0.508 e. The summed E-state index contributed by atoms with van der Waals surface area (Å²) >= 11 is 0. The minimum atomic E-state index is 0.300. The molecule has 0 aliphatic heterocycles. The Kier molecular flexibility index (Phi) is 21.0. The molecule has 38 heavy (non-hydrogen) atoms. The van der Waals surface area contributed by atoms with Gasteiger partial charge in [0.1, 0.15) is 11.5 Å². The number of nitrogens with one attached hydrogen (secondary N) is 1. The monoisotopic (exact) mass is 526 g/mol. The molecule has 0 fully saturated rings. The molecule has 216 valence electrons. The second-order valence-corrected chi connectivity index (χ2v) is 10.5. The van der Waals surface area contributed by atoms with Crippen LogP contribution >= 0.6 is 0 Å². The molecule has 0 radical (unpaired) electrons. The Hall–Kier alpha value is -2.36. The summed E-state index contributed by atoms with van der Waals surface area (Å²) in [5.74, 6) is 1.31. The van der Waals surface area contributed by atoms with Crippen molar-refractivity contribution < 1.29 is 9.84 Å². The normalized spacial score (nSPS) is 10.5. The molecular weight excluding hydrogens is 468 g/mol. The van der Waals surface area contributed by atoms with Crippen molar-refractivity contribution in [3.8, 4) is 11.5 Å². The Morgan fingerprint density at radius 2 is 1.11 bits per heavy atom. The van der Waals surface area contributed by atoms with E-state index >= 15 is 0 Å². The summed E-state index contributed by atoms with van der Waals surface area (Å²) in [6.07, 6.45) is 21.8. The van der Waals surface area contributed by atoms with Gasteiger partial charge in [0.2, 0.25) is 0 Å².